The minimum atomic E-state index is 0. The number of aromatic nitrogens is 2. The van der Waals surface area contributed by atoms with Gasteiger partial charge in [-0.25, -0.2) is 4.98 Å². The maximum Gasteiger partial charge on any atom is 0.204 e. The van der Waals surface area contributed by atoms with Crippen molar-refractivity contribution in [3.63, 3.8) is 0 Å². The smallest absolute Gasteiger partial charge is 0.204 e. The molecule has 2 aromatic rings. The van der Waals surface area contributed by atoms with E-state index in [9.17, 15) is 0 Å². The summed E-state index contributed by atoms with van der Waals surface area (Å²) in [6.45, 7) is 1.95. The lowest BCUT2D eigenvalue weighted by atomic mass is 10.3. The monoisotopic (exact) mass is 225 g/mol. The van der Waals surface area contributed by atoms with Crippen LogP contribution in [0.4, 0.5) is 5.95 Å². The first-order valence-electron chi connectivity index (χ1n) is 4.66. The van der Waals surface area contributed by atoms with Crippen molar-refractivity contribution in [1.29, 1.82) is 0 Å². The fourth-order valence-corrected chi connectivity index (χ4v) is 1.87. The standard InChI is InChI=1S/C10H11N3O.ClH/c1-14-7-2-3-8-9(6-7)13-5-4-11-10(13)12-8;/h2-3,6H,4-5H2,1H3,(H,11,12);1H. The molecule has 0 bridgehead atoms. The Balaban J connectivity index is 0.000000853. The van der Waals surface area contributed by atoms with Crippen LogP contribution in [0.2, 0.25) is 0 Å². The summed E-state index contributed by atoms with van der Waals surface area (Å²) in [6.07, 6.45) is 0. The fourth-order valence-electron chi connectivity index (χ4n) is 1.87. The molecule has 4 nitrogen and oxygen atoms in total. The molecule has 15 heavy (non-hydrogen) atoms. The molecule has 0 saturated carbocycles. The van der Waals surface area contributed by atoms with E-state index < -0.39 is 0 Å². The molecule has 3 rings (SSSR count). The van der Waals surface area contributed by atoms with Crippen LogP contribution in [0.15, 0.2) is 18.2 Å². The molecule has 1 N–H and O–H groups in total. The lowest BCUT2D eigenvalue weighted by Gasteiger charge is -2.00. The van der Waals surface area contributed by atoms with E-state index in [-0.39, 0.29) is 12.4 Å². The first-order valence-corrected chi connectivity index (χ1v) is 4.66. The molecule has 1 aromatic heterocycles. The number of hydrogen-bond acceptors (Lipinski definition) is 3. The predicted molar refractivity (Wildman–Crippen MR) is 62.0 cm³/mol. The van der Waals surface area contributed by atoms with Crippen LogP contribution in [-0.4, -0.2) is 23.2 Å². The van der Waals surface area contributed by atoms with Gasteiger partial charge < -0.3 is 14.6 Å². The average Bonchev–Trinajstić information content (AvgIpc) is 2.76. The lowest BCUT2D eigenvalue weighted by molar-refractivity contribution is 0.415. The molecule has 0 unspecified atom stereocenters. The second kappa shape index (κ2) is 3.62. The first-order chi connectivity index (χ1) is 6.88. The zero-order valence-electron chi connectivity index (χ0n) is 8.36. The van der Waals surface area contributed by atoms with Gasteiger partial charge in [-0.2, -0.15) is 0 Å². The summed E-state index contributed by atoms with van der Waals surface area (Å²) in [7, 11) is 1.68. The molecule has 2 heterocycles. The van der Waals surface area contributed by atoms with Crippen LogP contribution < -0.4 is 10.1 Å². The molecule has 1 aliphatic heterocycles. The molecular weight excluding hydrogens is 214 g/mol. The molecule has 80 valence electrons. The molecule has 0 amide bonds. The number of fused-ring (bicyclic) bond motifs is 3. The largest absolute Gasteiger partial charge is 0.497 e. The molecule has 0 radical (unpaired) electrons. The van der Waals surface area contributed by atoms with Gasteiger partial charge in [0.2, 0.25) is 5.95 Å². The summed E-state index contributed by atoms with van der Waals surface area (Å²) in [5.74, 6) is 1.85. The predicted octanol–water partition coefficient (Wildman–Crippen LogP) is 1.89. The van der Waals surface area contributed by atoms with Gasteiger partial charge in [0.05, 0.1) is 18.1 Å². The SMILES string of the molecule is COc1ccc2nc3n(c2c1)CCN3.Cl. The van der Waals surface area contributed by atoms with Gasteiger partial charge in [-0.15, -0.1) is 12.4 Å². The number of benzene rings is 1. The summed E-state index contributed by atoms with van der Waals surface area (Å²) < 4.78 is 7.37. The van der Waals surface area contributed by atoms with Crippen molar-refractivity contribution in [3.8, 4) is 5.75 Å². The van der Waals surface area contributed by atoms with E-state index in [0.29, 0.717) is 0 Å². The van der Waals surface area contributed by atoms with Crippen molar-refractivity contribution in [2.24, 2.45) is 0 Å². The van der Waals surface area contributed by atoms with Crippen molar-refractivity contribution in [3.05, 3.63) is 18.2 Å². The summed E-state index contributed by atoms with van der Waals surface area (Å²) in [4.78, 5) is 4.46. The second-order valence-corrected chi connectivity index (χ2v) is 3.37. The van der Waals surface area contributed by atoms with Gasteiger partial charge in [-0.1, -0.05) is 0 Å². The van der Waals surface area contributed by atoms with Gasteiger partial charge in [0.15, 0.2) is 0 Å². The minimum absolute atomic E-state index is 0. The molecule has 0 saturated heterocycles. The van der Waals surface area contributed by atoms with Gasteiger partial charge in [0.1, 0.15) is 5.75 Å². The highest BCUT2D eigenvalue weighted by Crippen LogP contribution is 2.26. The molecule has 0 fully saturated rings. The third-order valence-corrected chi connectivity index (χ3v) is 2.57. The number of imidazole rings is 1. The molecule has 0 aliphatic carbocycles. The fraction of sp³-hybridized carbons (Fsp3) is 0.300. The number of rotatable bonds is 1. The Morgan fingerprint density at radius 2 is 2.33 bits per heavy atom. The second-order valence-electron chi connectivity index (χ2n) is 3.37. The molecule has 1 aliphatic rings. The van der Waals surface area contributed by atoms with Crippen LogP contribution in [0.1, 0.15) is 0 Å². The summed E-state index contributed by atoms with van der Waals surface area (Å²) >= 11 is 0. The van der Waals surface area contributed by atoms with E-state index >= 15 is 0 Å². The Bertz CT molecular complexity index is 495. The van der Waals surface area contributed by atoms with E-state index in [4.69, 9.17) is 4.74 Å². The van der Waals surface area contributed by atoms with Gasteiger partial charge in [-0.3, -0.25) is 0 Å². The van der Waals surface area contributed by atoms with Gasteiger partial charge in [0.25, 0.3) is 0 Å². The summed E-state index contributed by atoms with van der Waals surface area (Å²) in [5, 5.41) is 3.24. The van der Waals surface area contributed by atoms with Gasteiger partial charge in [0, 0.05) is 19.2 Å². The van der Waals surface area contributed by atoms with E-state index in [1.807, 2.05) is 18.2 Å². The normalized spacial score (nSPS) is 13.1. The highest BCUT2D eigenvalue weighted by atomic mass is 35.5. The molecular formula is C10H12ClN3O. The number of halogens is 1. The molecule has 5 heteroatoms. The van der Waals surface area contributed by atoms with E-state index in [1.54, 1.807) is 7.11 Å². The quantitative estimate of drug-likeness (QED) is 0.806. The molecule has 1 aromatic carbocycles. The van der Waals surface area contributed by atoms with Crippen LogP contribution in [0.25, 0.3) is 11.0 Å². The van der Waals surface area contributed by atoms with Crippen LogP contribution in [0.3, 0.4) is 0 Å². The third kappa shape index (κ3) is 1.41. The van der Waals surface area contributed by atoms with Crippen molar-refractivity contribution in [2.45, 2.75) is 6.54 Å². The first kappa shape index (κ1) is 10.1. The topological polar surface area (TPSA) is 39.1 Å². The Hall–Kier alpha value is -1.42. The highest BCUT2D eigenvalue weighted by molar-refractivity contribution is 5.85. The van der Waals surface area contributed by atoms with Gasteiger partial charge >= 0.3 is 0 Å². The lowest BCUT2D eigenvalue weighted by Crippen LogP contribution is -1.95. The van der Waals surface area contributed by atoms with Crippen molar-refractivity contribution >= 4 is 29.4 Å². The maximum atomic E-state index is 5.19. The summed E-state index contributed by atoms with van der Waals surface area (Å²) in [5.41, 5.74) is 2.16. The number of anilines is 1. The van der Waals surface area contributed by atoms with Crippen LogP contribution in [0.5, 0.6) is 5.75 Å². The van der Waals surface area contributed by atoms with E-state index in [2.05, 4.69) is 14.9 Å². The zero-order valence-corrected chi connectivity index (χ0v) is 9.17. The maximum absolute atomic E-state index is 5.19. The minimum Gasteiger partial charge on any atom is -0.497 e. The Morgan fingerprint density at radius 3 is 3.13 bits per heavy atom. The highest BCUT2D eigenvalue weighted by Gasteiger charge is 2.15. The van der Waals surface area contributed by atoms with E-state index in [0.717, 1.165) is 35.8 Å². The number of methoxy groups -OCH3 is 1. The molecule has 0 atom stereocenters. The molecule has 0 spiro atoms. The van der Waals surface area contributed by atoms with Crippen molar-refractivity contribution in [2.75, 3.05) is 19.0 Å². The number of ether oxygens (including phenoxy) is 1. The zero-order chi connectivity index (χ0) is 9.54. The number of nitrogens with one attached hydrogen (secondary N) is 1. The Morgan fingerprint density at radius 1 is 1.47 bits per heavy atom. The average molecular weight is 226 g/mol. The van der Waals surface area contributed by atoms with Crippen LogP contribution in [0, 0.1) is 0 Å². The van der Waals surface area contributed by atoms with Crippen LogP contribution in [-0.2, 0) is 6.54 Å². The summed E-state index contributed by atoms with van der Waals surface area (Å²) in [6, 6.07) is 5.95. The van der Waals surface area contributed by atoms with Crippen molar-refractivity contribution < 1.29 is 4.74 Å². The van der Waals surface area contributed by atoms with Crippen molar-refractivity contribution in [1.82, 2.24) is 9.55 Å². The Labute approximate surface area is 93.7 Å². The Kier molecular flexibility index (Phi) is 2.44. The number of nitrogens with zero attached hydrogens (tertiary/aromatic N) is 2. The van der Waals surface area contributed by atoms with Gasteiger partial charge in [-0.05, 0) is 12.1 Å². The third-order valence-electron chi connectivity index (χ3n) is 2.57. The number of hydrogen-bond donors (Lipinski definition) is 1. The van der Waals surface area contributed by atoms with Crippen LogP contribution >= 0.6 is 12.4 Å². The van der Waals surface area contributed by atoms with E-state index in [1.165, 1.54) is 0 Å².